The van der Waals surface area contributed by atoms with Crippen molar-refractivity contribution in [1.29, 1.82) is 0 Å². The molecule has 2 heterocycles. The van der Waals surface area contributed by atoms with Gasteiger partial charge < -0.3 is 20.3 Å². The van der Waals surface area contributed by atoms with Crippen LogP contribution >= 0.6 is 11.8 Å². The summed E-state index contributed by atoms with van der Waals surface area (Å²) in [5.41, 5.74) is 2.14. The normalized spacial score (nSPS) is 15.8. The Morgan fingerprint density at radius 1 is 1.22 bits per heavy atom. The van der Waals surface area contributed by atoms with Crippen molar-refractivity contribution in [3.63, 3.8) is 0 Å². The van der Waals surface area contributed by atoms with Crippen molar-refractivity contribution in [2.45, 2.75) is 56.8 Å². The largest absolute Gasteiger partial charge is 0.497 e. The highest BCUT2D eigenvalue weighted by Crippen LogP contribution is 2.34. The Hall–Kier alpha value is -3.21. The number of carbonyl (C=O) groups excluding carboxylic acids is 1. The SMILES string of the molecule is CCNC(=O)C[C@@H]1N=C(c2ccc(SCC(O)C(C)(C)O)cc2)c2cc(OC)ccc2-n2c(C)nnc21. The number of aliphatic hydroxyl groups is 2. The van der Waals surface area contributed by atoms with Crippen LogP contribution in [0.5, 0.6) is 5.75 Å². The minimum atomic E-state index is -1.17. The number of aliphatic imine (C=N–C) groups is 1. The van der Waals surface area contributed by atoms with E-state index in [1.54, 1.807) is 21.0 Å². The average molecular weight is 524 g/mol. The molecule has 2 atom stereocenters. The summed E-state index contributed by atoms with van der Waals surface area (Å²) in [7, 11) is 1.62. The minimum absolute atomic E-state index is 0.108. The first-order chi connectivity index (χ1) is 17.6. The molecule has 1 aliphatic rings. The van der Waals surface area contributed by atoms with Gasteiger partial charge in [0.25, 0.3) is 0 Å². The number of fused-ring (bicyclic) bond motifs is 3. The number of benzene rings is 2. The topological polar surface area (TPSA) is 122 Å². The second-order valence-electron chi connectivity index (χ2n) is 9.48. The molecule has 4 rings (SSSR count). The molecule has 196 valence electrons. The Bertz CT molecular complexity index is 1300. The molecule has 0 fully saturated rings. The van der Waals surface area contributed by atoms with Gasteiger partial charge in [-0.15, -0.1) is 22.0 Å². The molecular weight excluding hydrogens is 490 g/mol. The predicted octanol–water partition coefficient (Wildman–Crippen LogP) is 3.23. The molecule has 0 aliphatic carbocycles. The Balaban J connectivity index is 1.77. The number of nitrogens with one attached hydrogen (secondary N) is 1. The van der Waals surface area contributed by atoms with Crippen molar-refractivity contribution in [2.24, 2.45) is 4.99 Å². The first-order valence-corrected chi connectivity index (χ1v) is 13.2. The standard InChI is InChI=1S/C27H33N5O4S/c1-6-28-24(34)14-21-26-31-30-16(2)32(26)22-12-9-18(36-5)13-20(22)25(29-21)17-7-10-19(11-8-17)37-15-23(33)27(3,4)35/h7-13,21,23,33,35H,6,14-15H2,1-5H3,(H,28,34)/t21-,23?/m0/s1. The molecule has 10 heteroatoms. The second-order valence-corrected chi connectivity index (χ2v) is 10.6. The van der Waals surface area contributed by atoms with Crippen LogP contribution in [0.2, 0.25) is 0 Å². The van der Waals surface area contributed by atoms with Crippen LogP contribution in [0, 0.1) is 6.92 Å². The summed E-state index contributed by atoms with van der Waals surface area (Å²) in [6.07, 6.45) is -0.708. The fourth-order valence-corrected chi connectivity index (χ4v) is 5.19. The van der Waals surface area contributed by atoms with E-state index in [0.717, 1.165) is 27.4 Å². The summed E-state index contributed by atoms with van der Waals surface area (Å²) in [5.74, 6) is 2.26. The van der Waals surface area contributed by atoms with Crippen LogP contribution in [0.4, 0.5) is 0 Å². The lowest BCUT2D eigenvalue weighted by Crippen LogP contribution is -2.37. The number of hydrogen-bond donors (Lipinski definition) is 3. The summed E-state index contributed by atoms with van der Waals surface area (Å²) in [4.78, 5) is 18.6. The fraction of sp³-hybridized carbons (Fsp3) is 0.407. The number of aromatic nitrogens is 3. The maximum atomic E-state index is 12.6. The predicted molar refractivity (Wildman–Crippen MR) is 144 cm³/mol. The number of methoxy groups -OCH3 is 1. The molecule has 0 saturated heterocycles. The van der Waals surface area contributed by atoms with Gasteiger partial charge in [-0.05, 0) is 58.0 Å². The summed E-state index contributed by atoms with van der Waals surface area (Å²) >= 11 is 1.47. The molecule has 0 radical (unpaired) electrons. The van der Waals surface area contributed by atoms with Gasteiger partial charge in [-0.2, -0.15) is 0 Å². The van der Waals surface area contributed by atoms with Crippen LogP contribution in [0.25, 0.3) is 5.69 Å². The minimum Gasteiger partial charge on any atom is -0.497 e. The highest BCUT2D eigenvalue weighted by molar-refractivity contribution is 7.99. The smallest absolute Gasteiger partial charge is 0.222 e. The molecule has 37 heavy (non-hydrogen) atoms. The monoisotopic (exact) mass is 523 g/mol. The van der Waals surface area contributed by atoms with Crippen LogP contribution in [0.15, 0.2) is 52.4 Å². The van der Waals surface area contributed by atoms with Gasteiger partial charge in [0.1, 0.15) is 17.6 Å². The molecule has 0 spiro atoms. The number of carbonyl (C=O) groups is 1. The van der Waals surface area contributed by atoms with Gasteiger partial charge in [-0.1, -0.05) is 12.1 Å². The number of thioether (sulfide) groups is 1. The molecule has 3 N–H and O–H groups in total. The maximum absolute atomic E-state index is 12.6. The van der Waals surface area contributed by atoms with E-state index in [1.165, 1.54) is 11.8 Å². The van der Waals surface area contributed by atoms with Gasteiger partial charge in [0.15, 0.2) is 5.82 Å². The molecular formula is C27H33N5O4S. The van der Waals surface area contributed by atoms with E-state index in [4.69, 9.17) is 9.73 Å². The Labute approximate surface area is 221 Å². The lowest BCUT2D eigenvalue weighted by molar-refractivity contribution is -0.121. The van der Waals surface area contributed by atoms with E-state index >= 15 is 0 Å². The molecule has 1 amide bonds. The number of amides is 1. The maximum Gasteiger partial charge on any atom is 0.222 e. The number of rotatable bonds is 9. The highest BCUT2D eigenvalue weighted by Gasteiger charge is 2.30. The summed E-state index contributed by atoms with van der Waals surface area (Å²) < 4.78 is 7.48. The van der Waals surface area contributed by atoms with Crippen molar-refractivity contribution in [2.75, 3.05) is 19.4 Å². The van der Waals surface area contributed by atoms with Crippen LogP contribution in [-0.2, 0) is 4.79 Å². The van der Waals surface area contributed by atoms with Crippen LogP contribution in [0.1, 0.15) is 56.0 Å². The number of aryl methyl sites for hydroxylation is 1. The number of ether oxygens (including phenoxy) is 1. The molecule has 1 unspecified atom stereocenters. The zero-order valence-electron chi connectivity index (χ0n) is 21.7. The quantitative estimate of drug-likeness (QED) is 0.368. The van der Waals surface area contributed by atoms with Crippen molar-refractivity contribution >= 4 is 23.4 Å². The number of nitrogens with zero attached hydrogens (tertiary/aromatic N) is 4. The first kappa shape index (κ1) is 26.8. The summed E-state index contributed by atoms with van der Waals surface area (Å²) in [5, 5.41) is 31.7. The first-order valence-electron chi connectivity index (χ1n) is 12.2. The summed E-state index contributed by atoms with van der Waals surface area (Å²) in [6.45, 7) is 7.49. The average Bonchev–Trinajstić information content (AvgIpc) is 3.19. The molecule has 3 aromatic rings. The molecule has 0 saturated carbocycles. The highest BCUT2D eigenvalue weighted by atomic mass is 32.2. The van der Waals surface area contributed by atoms with Crippen molar-refractivity contribution in [1.82, 2.24) is 20.1 Å². The van der Waals surface area contributed by atoms with Gasteiger partial charge in [0.05, 0.1) is 36.6 Å². The zero-order valence-corrected chi connectivity index (χ0v) is 22.5. The number of hydrogen-bond acceptors (Lipinski definition) is 8. The molecule has 2 aromatic carbocycles. The second kappa shape index (κ2) is 11.0. The lowest BCUT2D eigenvalue weighted by atomic mass is 10.00. The van der Waals surface area contributed by atoms with Crippen LogP contribution in [0.3, 0.4) is 0 Å². The molecule has 1 aromatic heterocycles. The third-order valence-corrected chi connectivity index (χ3v) is 7.32. The van der Waals surface area contributed by atoms with Gasteiger partial charge in [-0.25, -0.2) is 0 Å². The van der Waals surface area contributed by atoms with Gasteiger partial charge >= 0.3 is 0 Å². The third-order valence-electron chi connectivity index (χ3n) is 6.24. The number of aliphatic hydroxyl groups excluding tert-OH is 1. The van der Waals surface area contributed by atoms with E-state index in [2.05, 4.69) is 15.5 Å². The Kier molecular flexibility index (Phi) is 8.01. The Morgan fingerprint density at radius 3 is 2.59 bits per heavy atom. The van der Waals surface area contributed by atoms with Gasteiger partial charge in [-0.3, -0.25) is 14.4 Å². The fourth-order valence-electron chi connectivity index (χ4n) is 4.10. The van der Waals surface area contributed by atoms with E-state index in [1.807, 2.05) is 60.9 Å². The van der Waals surface area contributed by atoms with E-state index < -0.39 is 17.7 Å². The van der Waals surface area contributed by atoms with Crippen LogP contribution in [-0.4, -0.2) is 67.7 Å². The van der Waals surface area contributed by atoms with Gasteiger partial charge in [0, 0.05) is 28.3 Å². The molecule has 9 nitrogen and oxygen atoms in total. The third kappa shape index (κ3) is 5.87. The van der Waals surface area contributed by atoms with Gasteiger partial charge in [0.2, 0.25) is 5.91 Å². The van der Waals surface area contributed by atoms with E-state index in [9.17, 15) is 15.0 Å². The van der Waals surface area contributed by atoms with Crippen LogP contribution < -0.4 is 10.1 Å². The zero-order chi connectivity index (χ0) is 26.7. The van der Waals surface area contributed by atoms with Crippen molar-refractivity contribution in [3.05, 3.63) is 65.2 Å². The Morgan fingerprint density at radius 2 is 1.95 bits per heavy atom. The van der Waals surface area contributed by atoms with E-state index in [0.29, 0.717) is 29.7 Å². The molecule has 0 bridgehead atoms. The van der Waals surface area contributed by atoms with Crippen molar-refractivity contribution < 1.29 is 19.7 Å². The van der Waals surface area contributed by atoms with Crippen molar-refractivity contribution in [3.8, 4) is 11.4 Å². The lowest BCUT2D eigenvalue weighted by Gasteiger charge is -2.24. The molecule has 1 aliphatic heterocycles. The van der Waals surface area contributed by atoms with E-state index in [-0.39, 0.29) is 12.3 Å². The summed E-state index contributed by atoms with van der Waals surface area (Å²) in [6, 6.07) is 13.1.